The van der Waals surface area contributed by atoms with Crippen LogP contribution in [0.3, 0.4) is 0 Å². The van der Waals surface area contributed by atoms with Gasteiger partial charge < -0.3 is 30.9 Å². The number of aliphatic hydroxyl groups is 4. The molecule has 1 rings (SSSR count). The first-order valence-corrected chi connectivity index (χ1v) is 3.64. The highest BCUT2D eigenvalue weighted by Gasteiger charge is 2.41. The molecule has 0 saturated carbocycles. The lowest BCUT2D eigenvalue weighted by Gasteiger charge is -2.38. The molecule has 6 heteroatoms. The lowest BCUT2D eigenvalue weighted by molar-refractivity contribution is -0.227. The van der Waals surface area contributed by atoms with Gasteiger partial charge >= 0.3 is 0 Å². The van der Waals surface area contributed by atoms with Crippen LogP contribution in [0.25, 0.3) is 0 Å². The summed E-state index contributed by atoms with van der Waals surface area (Å²) in [5, 5.41) is 36.1. The van der Waals surface area contributed by atoms with Gasteiger partial charge in [0.05, 0.1) is 6.61 Å². The maximum atomic E-state index is 9.18. The lowest BCUT2D eigenvalue weighted by atomic mass is 9.99. The molecule has 5 atom stereocenters. The van der Waals surface area contributed by atoms with Crippen LogP contribution in [-0.4, -0.2) is 57.7 Å². The summed E-state index contributed by atoms with van der Waals surface area (Å²) in [7, 11) is 0. The van der Waals surface area contributed by atoms with Gasteiger partial charge in [-0.05, 0) is 0 Å². The van der Waals surface area contributed by atoms with E-state index >= 15 is 0 Å². The fourth-order valence-electron chi connectivity index (χ4n) is 1.13. The average molecular weight is 179 g/mol. The van der Waals surface area contributed by atoms with E-state index in [4.69, 9.17) is 25.8 Å². The highest BCUT2D eigenvalue weighted by Crippen LogP contribution is 2.17. The SMILES string of the molecule is N[C@H]1O[C@@H](CO)[C@H](O)[C@@H](O)[C@@H]1O. The van der Waals surface area contributed by atoms with Gasteiger partial charge in [0.25, 0.3) is 0 Å². The van der Waals surface area contributed by atoms with Crippen molar-refractivity contribution >= 4 is 0 Å². The van der Waals surface area contributed by atoms with Gasteiger partial charge in [0.15, 0.2) is 0 Å². The fourth-order valence-corrected chi connectivity index (χ4v) is 1.13. The van der Waals surface area contributed by atoms with Gasteiger partial charge in [0.1, 0.15) is 30.6 Å². The van der Waals surface area contributed by atoms with Crippen molar-refractivity contribution in [3.63, 3.8) is 0 Å². The molecule has 6 nitrogen and oxygen atoms in total. The summed E-state index contributed by atoms with van der Waals surface area (Å²) < 4.78 is 4.80. The zero-order chi connectivity index (χ0) is 9.30. The number of hydrogen-bond acceptors (Lipinski definition) is 6. The molecule has 0 aromatic heterocycles. The van der Waals surface area contributed by atoms with Crippen LogP contribution in [0.1, 0.15) is 0 Å². The van der Waals surface area contributed by atoms with Crippen LogP contribution in [0.4, 0.5) is 0 Å². The number of hydrogen-bond donors (Lipinski definition) is 5. The Morgan fingerprint density at radius 1 is 1.08 bits per heavy atom. The van der Waals surface area contributed by atoms with Gasteiger partial charge in [0.2, 0.25) is 0 Å². The molecule has 12 heavy (non-hydrogen) atoms. The standard InChI is InChI=1S/C6H13NO5/c7-6-5(11)4(10)3(9)2(1-8)12-6/h2-6,8-11H,1,7H2/t2-,3-,4+,5-,6-/m0/s1. The summed E-state index contributed by atoms with van der Waals surface area (Å²) >= 11 is 0. The van der Waals surface area contributed by atoms with Crippen molar-refractivity contribution in [1.29, 1.82) is 0 Å². The Kier molecular flexibility index (Phi) is 2.99. The second-order valence-corrected chi connectivity index (χ2v) is 2.79. The molecule has 1 saturated heterocycles. The maximum absolute atomic E-state index is 9.18. The largest absolute Gasteiger partial charge is 0.394 e. The van der Waals surface area contributed by atoms with Crippen LogP contribution < -0.4 is 5.73 Å². The zero-order valence-corrected chi connectivity index (χ0v) is 6.37. The highest BCUT2D eigenvalue weighted by atomic mass is 16.6. The first-order valence-electron chi connectivity index (χ1n) is 3.64. The van der Waals surface area contributed by atoms with Gasteiger partial charge in [0, 0.05) is 0 Å². The molecule has 0 amide bonds. The van der Waals surface area contributed by atoms with Crippen LogP contribution in [0.2, 0.25) is 0 Å². The van der Waals surface area contributed by atoms with Gasteiger partial charge in [-0.2, -0.15) is 0 Å². The minimum atomic E-state index is -1.37. The normalized spacial score (nSPS) is 49.2. The Hall–Kier alpha value is -0.240. The van der Waals surface area contributed by atoms with Crippen LogP contribution in [0.5, 0.6) is 0 Å². The van der Waals surface area contributed by atoms with Crippen LogP contribution in [-0.2, 0) is 4.74 Å². The lowest BCUT2D eigenvalue weighted by Crippen LogP contribution is -2.61. The third kappa shape index (κ3) is 1.58. The molecule has 0 aromatic rings. The van der Waals surface area contributed by atoms with E-state index in [9.17, 15) is 5.11 Å². The van der Waals surface area contributed by atoms with Crippen molar-refractivity contribution in [3.05, 3.63) is 0 Å². The fraction of sp³-hybridized carbons (Fsp3) is 1.00. The van der Waals surface area contributed by atoms with Crippen molar-refractivity contribution in [2.45, 2.75) is 30.6 Å². The molecule has 1 heterocycles. The molecule has 72 valence electrons. The Morgan fingerprint density at radius 3 is 2.17 bits per heavy atom. The Balaban J connectivity index is 2.63. The van der Waals surface area contributed by atoms with Crippen LogP contribution in [0.15, 0.2) is 0 Å². The van der Waals surface area contributed by atoms with E-state index in [1.54, 1.807) is 0 Å². The molecule has 0 unspecified atom stereocenters. The monoisotopic (exact) mass is 179 g/mol. The third-order valence-electron chi connectivity index (χ3n) is 1.93. The molecule has 0 radical (unpaired) electrons. The summed E-state index contributed by atoms with van der Waals surface area (Å²) in [5.74, 6) is 0. The number of nitrogens with two attached hydrogens (primary N) is 1. The van der Waals surface area contributed by atoms with E-state index in [1.807, 2.05) is 0 Å². The van der Waals surface area contributed by atoms with Gasteiger partial charge in [-0.3, -0.25) is 0 Å². The van der Waals surface area contributed by atoms with E-state index in [0.29, 0.717) is 0 Å². The molecule has 1 fully saturated rings. The summed E-state index contributed by atoms with van der Waals surface area (Å²) in [5.41, 5.74) is 5.24. The number of aliphatic hydroxyl groups excluding tert-OH is 4. The highest BCUT2D eigenvalue weighted by molar-refractivity contribution is 4.89. The second kappa shape index (κ2) is 3.65. The van der Waals surface area contributed by atoms with Gasteiger partial charge in [-0.15, -0.1) is 0 Å². The first kappa shape index (κ1) is 9.85. The second-order valence-electron chi connectivity index (χ2n) is 2.79. The zero-order valence-electron chi connectivity index (χ0n) is 6.37. The molecular weight excluding hydrogens is 166 g/mol. The van der Waals surface area contributed by atoms with Crippen molar-refractivity contribution in [2.75, 3.05) is 6.61 Å². The molecule has 1 aliphatic rings. The summed E-state index contributed by atoms with van der Waals surface area (Å²) in [4.78, 5) is 0. The van der Waals surface area contributed by atoms with E-state index in [-0.39, 0.29) is 0 Å². The molecule has 0 spiro atoms. The number of ether oxygens (including phenoxy) is 1. The third-order valence-corrected chi connectivity index (χ3v) is 1.93. The summed E-state index contributed by atoms with van der Waals surface area (Å²) in [6.45, 7) is -0.446. The molecule has 0 aromatic carbocycles. The van der Waals surface area contributed by atoms with Crippen LogP contribution in [0, 0.1) is 0 Å². The van der Waals surface area contributed by atoms with Crippen LogP contribution >= 0.6 is 0 Å². The minimum Gasteiger partial charge on any atom is -0.394 e. The molecule has 6 N–H and O–H groups in total. The Morgan fingerprint density at radius 2 is 1.67 bits per heavy atom. The van der Waals surface area contributed by atoms with Crippen molar-refractivity contribution in [3.8, 4) is 0 Å². The predicted molar refractivity (Wildman–Crippen MR) is 38.0 cm³/mol. The number of rotatable bonds is 1. The molecule has 0 bridgehead atoms. The minimum absolute atomic E-state index is 0.446. The van der Waals surface area contributed by atoms with E-state index in [2.05, 4.69) is 0 Å². The van der Waals surface area contributed by atoms with E-state index in [0.717, 1.165) is 0 Å². The van der Waals surface area contributed by atoms with Gasteiger partial charge in [-0.25, -0.2) is 0 Å². The topological polar surface area (TPSA) is 116 Å². The maximum Gasteiger partial charge on any atom is 0.135 e. The summed E-state index contributed by atoms with van der Waals surface area (Å²) in [6, 6.07) is 0. The molecule has 0 aliphatic carbocycles. The van der Waals surface area contributed by atoms with Crippen molar-refractivity contribution < 1.29 is 25.2 Å². The van der Waals surface area contributed by atoms with E-state index in [1.165, 1.54) is 0 Å². The average Bonchev–Trinajstić information content (AvgIpc) is 2.08. The molecule has 1 aliphatic heterocycles. The predicted octanol–water partition coefficient (Wildman–Crippen LogP) is -3.25. The quantitative estimate of drug-likeness (QED) is 0.288. The smallest absolute Gasteiger partial charge is 0.135 e. The summed E-state index contributed by atoms with van der Waals surface area (Å²) in [6.07, 6.45) is -5.99. The molecular formula is C6H13NO5. The van der Waals surface area contributed by atoms with E-state index < -0.39 is 37.3 Å². The Labute approximate surface area is 69.2 Å². The van der Waals surface area contributed by atoms with Crippen molar-refractivity contribution in [2.24, 2.45) is 5.73 Å². The Bertz CT molecular complexity index is 150. The van der Waals surface area contributed by atoms with Gasteiger partial charge in [-0.1, -0.05) is 0 Å². The van der Waals surface area contributed by atoms with Crippen molar-refractivity contribution in [1.82, 2.24) is 0 Å². The first-order chi connectivity index (χ1) is 5.57.